The summed E-state index contributed by atoms with van der Waals surface area (Å²) in [4.78, 5) is 13.8. The van der Waals surface area contributed by atoms with Gasteiger partial charge in [-0.05, 0) is 49.4 Å². The number of nitrogens with zero attached hydrogens (tertiary/aromatic N) is 3. The van der Waals surface area contributed by atoms with E-state index in [1.54, 1.807) is 0 Å². The van der Waals surface area contributed by atoms with Crippen LogP contribution in [0.5, 0.6) is 0 Å². The summed E-state index contributed by atoms with van der Waals surface area (Å²) in [6.45, 7) is 7.04. The van der Waals surface area contributed by atoms with Crippen LogP contribution in [-0.2, 0) is 25.7 Å². The molecule has 2 N–H and O–H groups in total. The molecule has 0 aromatic carbocycles. The second-order valence-corrected chi connectivity index (χ2v) is 5.05. The Bertz CT molecular complexity index is 582. The minimum atomic E-state index is 0.637. The number of nitrogens with two attached hydrogens (primary N) is 1. The molecule has 2 aromatic rings. The summed E-state index contributed by atoms with van der Waals surface area (Å²) >= 11 is 0. The van der Waals surface area contributed by atoms with E-state index in [4.69, 9.17) is 15.7 Å². The lowest BCUT2D eigenvalue weighted by molar-refractivity contribution is 0.843. The third-order valence-electron chi connectivity index (χ3n) is 3.77. The van der Waals surface area contributed by atoms with Crippen molar-refractivity contribution in [1.82, 2.24) is 15.0 Å². The quantitative estimate of drug-likeness (QED) is 0.886. The number of aryl methyl sites for hydroxylation is 3. The highest BCUT2D eigenvalue weighted by atomic mass is 14.9. The topological polar surface area (TPSA) is 64.7 Å². The van der Waals surface area contributed by atoms with Gasteiger partial charge in [-0.15, -0.1) is 0 Å². The molecule has 4 nitrogen and oxygen atoms in total. The fraction of sp³-hybridized carbons (Fsp3) is 0.471. The number of aromatic nitrogens is 3. The maximum Gasteiger partial charge on any atom is 0.160 e. The molecule has 0 aliphatic rings. The van der Waals surface area contributed by atoms with E-state index < -0.39 is 0 Å². The van der Waals surface area contributed by atoms with Gasteiger partial charge in [-0.2, -0.15) is 0 Å². The molecule has 2 rings (SSSR count). The van der Waals surface area contributed by atoms with E-state index in [9.17, 15) is 0 Å². The van der Waals surface area contributed by atoms with Gasteiger partial charge < -0.3 is 5.73 Å². The Balaban J connectivity index is 2.60. The summed E-state index contributed by atoms with van der Waals surface area (Å²) in [5.41, 5.74) is 11.5. The zero-order valence-corrected chi connectivity index (χ0v) is 13.2. The second kappa shape index (κ2) is 7.27. The second-order valence-electron chi connectivity index (χ2n) is 5.05. The van der Waals surface area contributed by atoms with Crippen molar-refractivity contribution in [2.24, 2.45) is 5.73 Å². The Morgan fingerprint density at radius 1 is 1.00 bits per heavy atom. The van der Waals surface area contributed by atoms with Gasteiger partial charge in [-0.3, -0.25) is 4.98 Å². The maximum atomic E-state index is 5.74. The predicted octanol–water partition coefficient (Wildman–Crippen LogP) is 2.73. The molecule has 0 aliphatic heterocycles. The first kappa shape index (κ1) is 15.6. The molecule has 0 bridgehead atoms. The number of hydrogen-bond acceptors (Lipinski definition) is 4. The standard InChI is InChI=1S/C17H24N4/c1-4-12-11-19-10-8-13(12)17-20-15(5-2)14(7-9-18)16(6-3)21-17/h8,10-11H,4-7,9,18H2,1-3H3. The SMILES string of the molecule is CCc1cnccc1-c1nc(CC)c(CCN)c(CC)n1. The van der Waals surface area contributed by atoms with Crippen molar-refractivity contribution in [3.05, 3.63) is 41.0 Å². The minimum absolute atomic E-state index is 0.637. The van der Waals surface area contributed by atoms with Crippen LogP contribution in [0.25, 0.3) is 11.4 Å². The first-order valence-electron chi connectivity index (χ1n) is 7.77. The molecule has 0 fully saturated rings. The van der Waals surface area contributed by atoms with Gasteiger partial charge in [0.05, 0.1) is 0 Å². The Morgan fingerprint density at radius 2 is 1.67 bits per heavy atom. The average molecular weight is 284 g/mol. The summed E-state index contributed by atoms with van der Waals surface area (Å²) < 4.78 is 0. The van der Waals surface area contributed by atoms with E-state index in [1.807, 2.05) is 18.5 Å². The van der Waals surface area contributed by atoms with Gasteiger partial charge in [-0.1, -0.05) is 20.8 Å². The van der Waals surface area contributed by atoms with E-state index in [0.29, 0.717) is 6.54 Å². The van der Waals surface area contributed by atoms with Crippen molar-refractivity contribution >= 4 is 0 Å². The van der Waals surface area contributed by atoms with E-state index in [-0.39, 0.29) is 0 Å². The lowest BCUT2D eigenvalue weighted by Gasteiger charge is -2.14. The fourth-order valence-corrected chi connectivity index (χ4v) is 2.65. The molecule has 112 valence electrons. The van der Waals surface area contributed by atoms with Crippen LogP contribution in [0.2, 0.25) is 0 Å². The Morgan fingerprint density at radius 3 is 2.19 bits per heavy atom. The van der Waals surface area contributed by atoms with Crippen LogP contribution in [0.3, 0.4) is 0 Å². The molecule has 0 spiro atoms. The average Bonchev–Trinajstić information content (AvgIpc) is 2.55. The van der Waals surface area contributed by atoms with Crippen molar-refractivity contribution in [1.29, 1.82) is 0 Å². The first-order valence-corrected chi connectivity index (χ1v) is 7.77. The van der Waals surface area contributed by atoms with Crippen LogP contribution in [0.4, 0.5) is 0 Å². The molecule has 0 amide bonds. The van der Waals surface area contributed by atoms with Gasteiger partial charge in [0.2, 0.25) is 0 Å². The van der Waals surface area contributed by atoms with Gasteiger partial charge in [-0.25, -0.2) is 9.97 Å². The predicted molar refractivity (Wildman–Crippen MR) is 86.2 cm³/mol. The molecule has 2 aromatic heterocycles. The summed E-state index contributed by atoms with van der Waals surface area (Å²) in [6.07, 6.45) is 7.31. The molecular weight excluding hydrogens is 260 g/mol. The number of hydrogen-bond donors (Lipinski definition) is 1. The highest BCUT2D eigenvalue weighted by molar-refractivity contribution is 5.60. The lowest BCUT2D eigenvalue weighted by atomic mass is 10.0. The van der Waals surface area contributed by atoms with Crippen LogP contribution in [0.1, 0.15) is 43.3 Å². The summed E-state index contributed by atoms with van der Waals surface area (Å²) in [7, 11) is 0. The third-order valence-corrected chi connectivity index (χ3v) is 3.77. The molecule has 0 saturated heterocycles. The highest BCUT2D eigenvalue weighted by Gasteiger charge is 2.14. The molecule has 0 saturated carbocycles. The van der Waals surface area contributed by atoms with Gasteiger partial charge in [0.25, 0.3) is 0 Å². The van der Waals surface area contributed by atoms with Crippen molar-refractivity contribution < 1.29 is 0 Å². The summed E-state index contributed by atoms with van der Waals surface area (Å²) in [5, 5.41) is 0. The van der Waals surface area contributed by atoms with Crippen LogP contribution in [0, 0.1) is 0 Å². The smallest absolute Gasteiger partial charge is 0.160 e. The fourth-order valence-electron chi connectivity index (χ4n) is 2.65. The Labute approximate surface area is 126 Å². The van der Waals surface area contributed by atoms with Crippen molar-refractivity contribution in [2.75, 3.05) is 6.54 Å². The van der Waals surface area contributed by atoms with E-state index >= 15 is 0 Å². The zero-order chi connectivity index (χ0) is 15.2. The summed E-state index contributed by atoms with van der Waals surface area (Å²) in [6, 6.07) is 2.01. The van der Waals surface area contributed by atoms with Crippen molar-refractivity contribution in [2.45, 2.75) is 46.5 Å². The molecular formula is C17H24N4. The van der Waals surface area contributed by atoms with Crippen molar-refractivity contribution in [3.8, 4) is 11.4 Å². The molecule has 21 heavy (non-hydrogen) atoms. The van der Waals surface area contributed by atoms with Crippen molar-refractivity contribution in [3.63, 3.8) is 0 Å². The summed E-state index contributed by atoms with van der Waals surface area (Å²) in [5.74, 6) is 0.823. The molecule has 0 unspecified atom stereocenters. The minimum Gasteiger partial charge on any atom is -0.330 e. The molecule has 4 heteroatoms. The Hall–Kier alpha value is -1.81. The van der Waals surface area contributed by atoms with E-state index in [2.05, 4.69) is 25.8 Å². The van der Waals surface area contributed by atoms with Gasteiger partial charge >= 0.3 is 0 Å². The first-order chi connectivity index (χ1) is 10.2. The highest BCUT2D eigenvalue weighted by Crippen LogP contribution is 2.23. The molecule has 2 heterocycles. The van der Waals surface area contributed by atoms with Gasteiger partial charge in [0.1, 0.15) is 0 Å². The van der Waals surface area contributed by atoms with Crippen LogP contribution in [0.15, 0.2) is 18.5 Å². The van der Waals surface area contributed by atoms with Crippen LogP contribution in [-0.4, -0.2) is 21.5 Å². The van der Waals surface area contributed by atoms with E-state index in [0.717, 1.165) is 48.5 Å². The third kappa shape index (κ3) is 3.27. The normalized spacial score (nSPS) is 10.9. The molecule has 0 atom stereocenters. The monoisotopic (exact) mass is 284 g/mol. The number of rotatable bonds is 6. The van der Waals surface area contributed by atoms with Gasteiger partial charge in [0, 0.05) is 29.3 Å². The maximum absolute atomic E-state index is 5.74. The lowest BCUT2D eigenvalue weighted by Crippen LogP contribution is -2.12. The zero-order valence-electron chi connectivity index (χ0n) is 13.2. The molecule has 0 aliphatic carbocycles. The van der Waals surface area contributed by atoms with Crippen LogP contribution >= 0.6 is 0 Å². The number of pyridine rings is 1. The Kier molecular flexibility index (Phi) is 5.39. The molecule has 0 radical (unpaired) electrons. The van der Waals surface area contributed by atoms with Crippen LogP contribution < -0.4 is 5.73 Å². The van der Waals surface area contributed by atoms with Gasteiger partial charge in [0.15, 0.2) is 5.82 Å². The largest absolute Gasteiger partial charge is 0.330 e. The van der Waals surface area contributed by atoms with E-state index in [1.165, 1.54) is 11.1 Å².